The van der Waals surface area contributed by atoms with Gasteiger partial charge in [0.05, 0.1) is 30.7 Å². The summed E-state index contributed by atoms with van der Waals surface area (Å²) in [5, 5.41) is 7.81. The van der Waals surface area contributed by atoms with E-state index in [1.807, 2.05) is 50.2 Å². The number of ether oxygens (including phenoxy) is 2. The predicted molar refractivity (Wildman–Crippen MR) is 134 cm³/mol. The Hall–Kier alpha value is -3.84. The van der Waals surface area contributed by atoms with Gasteiger partial charge in [-0.1, -0.05) is 29.8 Å². The quantitative estimate of drug-likeness (QED) is 0.318. The van der Waals surface area contributed by atoms with Crippen LogP contribution in [0.25, 0.3) is 0 Å². The lowest BCUT2D eigenvalue weighted by Crippen LogP contribution is -2.13. The van der Waals surface area contributed by atoms with E-state index in [9.17, 15) is 9.18 Å². The van der Waals surface area contributed by atoms with Crippen molar-refractivity contribution in [1.29, 1.82) is 0 Å². The van der Waals surface area contributed by atoms with Crippen molar-refractivity contribution in [3.8, 4) is 11.5 Å². The molecule has 0 saturated heterocycles. The zero-order chi connectivity index (χ0) is 24.9. The van der Waals surface area contributed by atoms with Gasteiger partial charge in [-0.2, -0.15) is 5.10 Å². The molecular weight excluding hydrogens is 469 g/mol. The molecule has 1 amide bonds. The summed E-state index contributed by atoms with van der Waals surface area (Å²) in [7, 11) is 1.62. The maximum absolute atomic E-state index is 13.3. The molecule has 0 aliphatic rings. The van der Waals surface area contributed by atoms with Crippen molar-refractivity contribution < 1.29 is 18.7 Å². The van der Waals surface area contributed by atoms with Crippen LogP contribution in [0.3, 0.4) is 0 Å². The number of amides is 1. The number of hydrogen-bond acceptors (Lipinski definition) is 4. The predicted octanol–water partition coefficient (Wildman–Crippen LogP) is 6.18. The summed E-state index contributed by atoms with van der Waals surface area (Å²) in [4.78, 5) is 12.9. The van der Waals surface area contributed by atoms with Crippen LogP contribution in [0.1, 0.15) is 32.9 Å². The number of rotatable bonds is 8. The van der Waals surface area contributed by atoms with Gasteiger partial charge in [0.2, 0.25) is 0 Å². The lowest BCUT2D eigenvalue weighted by Gasteiger charge is -2.10. The molecule has 0 bridgehead atoms. The second kappa shape index (κ2) is 10.6. The van der Waals surface area contributed by atoms with Gasteiger partial charge in [-0.25, -0.2) is 4.39 Å². The standard InChI is InChI=1S/C27H25ClFN3O3/c1-17-26(18(2)32(31-17)15-21-8-9-22(29)14-25(21)28)30-27(33)20-6-4-19(5-7-20)16-35-24-12-10-23(34-3)11-13-24/h4-14H,15-16H2,1-3H3,(H,30,33). The molecule has 0 aliphatic heterocycles. The average molecular weight is 494 g/mol. The molecule has 3 aromatic carbocycles. The van der Waals surface area contributed by atoms with Crippen LogP contribution in [-0.2, 0) is 13.2 Å². The fourth-order valence-corrected chi connectivity index (χ4v) is 3.85. The van der Waals surface area contributed by atoms with Crippen LogP contribution < -0.4 is 14.8 Å². The van der Waals surface area contributed by atoms with E-state index in [4.69, 9.17) is 21.1 Å². The molecule has 35 heavy (non-hydrogen) atoms. The van der Waals surface area contributed by atoms with Gasteiger partial charge in [0.25, 0.3) is 5.91 Å². The third-order valence-corrected chi connectivity index (χ3v) is 5.99. The van der Waals surface area contributed by atoms with Crippen LogP contribution in [0.5, 0.6) is 11.5 Å². The molecule has 180 valence electrons. The normalized spacial score (nSPS) is 10.8. The van der Waals surface area contributed by atoms with Gasteiger partial charge < -0.3 is 14.8 Å². The maximum atomic E-state index is 13.3. The largest absolute Gasteiger partial charge is 0.497 e. The van der Waals surface area contributed by atoms with Crippen LogP contribution in [0.15, 0.2) is 66.7 Å². The smallest absolute Gasteiger partial charge is 0.255 e. The topological polar surface area (TPSA) is 65.4 Å². The Morgan fingerprint density at radius 1 is 1.03 bits per heavy atom. The van der Waals surface area contributed by atoms with Gasteiger partial charge in [-0.3, -0.25) is 9.48 Å². The molecule has 0 spiro atoms. The Morgan fingerprint density at radius 2 is 1.71 bits per heavy atom. The number of aryl methyl sites for hydroxylation is 1. The van der Waals surface area contributed by atoms with E-state index in [0.717, 1.165) is 28.3 Å². The van der Waals surface area contributed by atoms with E-state index in [2.05, 4.69) is 10.4 Å². The molecule has 4 aromatic rings. The van der Waals surface area contributed by atoms with E-state index in [1.165, 1.54) is 12.1 Å². The van der Waals surface area contributed by atoms with Crippen molar-refractivity contribution in [2.75, 3.05) is 12.4 Å². The second-order valence-corrected chi connectivity index (χ2v) is 8.46. The number of benzene rings is 3. The number of aromatic nitrogens is 2. The molecule has 0 fully saturated rings. The summed E-state index contributed by atoms with van der Waals surface area (Å²) in [6.45, 7) is 4.44. The molecule has 0 unspecified atom stereocenters. The first kappa shape index (κ1) is 24.3. The minimum absolute atomic E-state index is 0.238. The monoisotopic (exact) mass is 493 g/mol. The zero-order valence-corrected chi connectivity index (χ0v) is 20.4. The van der Waals surface area contributed by atoms with Crippen LogP contribution in [0.2, 0.25) is 5.02 Å². The Balaban J connectivity index is 1.40. The minimum atomic E-state index is -0.390. The van der Waals surface area contributed by atoms with Gasteiger partial charge in [-0.05, 0) is 73.5 Å². The SMILES string of the molecule is COc1ccc(OCc2ccc(C(=O)Nc3c(C)nn(Cc4ccc(F)cc4Cl)c3C)cc2)cc1. The van der Waals surface area contributed by atoms with E-state index in [0.29, 0.717) is 35.1 Å². The summed E-state index contributed by atoms with van der Waals surface area (Å²) in [6, 6.07) is 18.9. The van der Waals surface area contributed by atoms with Crippen molar-refractivity contribution in [3.63, 3.8) is 0 Å². The highest BCUT2D eigenvalue weighted by Crippen LogP contribution is 2.24. The van der Waals surface area contributed by atoms with Gasteiger partial charge in [-0.15, -0.1) is 0 Å². The lowest BCUT2D eigenvalue weighted by molar-refractivity contribution is 0.102. The first-order valence-corrected chi connectivity index (χ1v) is 11.4. The molecule has 0 aliphatic carbocycles. The molecule has 8 heteroatoms. The van der Waals surface area contributed by atoms with Crippen molar-refractivity contribution >= 4 is 23.2 Å². The highest BCUT2D eigenvalue weighted by Gasteiger charge is 2.16. The summed E-state index contributed by atoms with van der Waals surface area (Å²) in [5.74, 6) is 0.872. The summed E-state index contributed by atoms with van der Waals surface area (Å²) in [6.07, 6.45) is 0. The number of carbonyl (C=O) groups is 1. The van der Waals surface area contributed by atoms with Crippen molar-refractivity contribution in [3.05, 3.63) is 106 Å². The molecule has 1 aromatic heterocycles. The molecule has 0 radical (unpaired) electrons. The first-order chi connectivity index (χ1) is 16.8. The molecular formula is C27H25ClFN3O3. The zero-order valence-electron chi connectivity index (χ0n) is 19.6. The molecule has 1 heterocycles. The number of nitrogens with zero attached hydrogens (tertiary/aromatic N) is 2. The van der Waals surface area contributed by atoms with Crippen LogP contribution in [-0.4, -0.2) is 22.8 Å². The fraction of sp³-hybridized carbons (Fsp3) is 0.185. The Labute approximate surface area is 208 Å². The van der Waals surface area contributed by atoms with Crippen molar-refractivity contribution in [1.82, 2.24) is 9.78 Å². The third-order valence-electron chi connectivity index (χ3n) is 5.64. The summed E-state index contributed by atoms with van der Waals surface area (Å²) in [5.41, 5.74) is 4.29. The highest BCUT2D eigenvalue weighted by atomic mass is 35.5. The molecule has 1 N–H and O–H groups in total. The van der Waals surface area contributed by atoms with Gasteiger partial charge >= 0.3 is 0 Å². The van der Waals surface area contributed by atoms with Crippen LogP contribution >= 0.6 is 11.6 Å². The summed E-state index contributed by atoms with van der Waals surface area (Å²) >= 11 is 6.16. The fourth-order valence-electron chi connectivity index (χ4n) is 3.62. The first-order valence-electron chi connectivity index (χ1n) is 11.0. The number of hydrogen-bond donors (Lipinski definition) is 1. The van der Waals surface area contributed by atoms with Gasteiger partial charge in [0, 0.05) is 10.6 Å². The number of methoxy groups -OCH3 is 1. The maximum Gasteiger partial charge on any atom is 0.255 e. The number of carbonyl (C=O) groups excluding carboxylic acids is 1. The van der Waals surface area contributed by atoms with Gasteiger partial charge in [0.15, 0.2) is 0 Å². The van der Waals surface area contributed by atoms with Crippen LogP contribution in [0, 0.1) is 19.7 Å². The molecule has 4 rings (SSSR count). The Bertz CT molecular complexity index is 1340. The van der Waals surface area contributed by atoms with Crippen molar-refractivity contribution in [2.45, 2.75) is 27.0 Å². The number of anilines is 1. The third kappa shape index (κ3) is 5.81. The van der Waals surface area contributed by atoms with Crippen LogP contribution in [0.4, 0.5) is 10.1 Å². The van der Waals surface area contributed by atoms with E-state index < -0.39 is 5.82 Å². The summed E-state index contributed by atoms with van der Waals surface area (Å²) < 4.78 is 26.0. The lowest BCUT2D eigenvalue weighted by atomic mass is 10.1. The Morgan fingerprint density at radius 3 is 2.37 bits per heavy atom. The van der Waals surface area contributed by atoms with E-state index in [1.54, 1.807) is 30.0 Å². The van der Waals surface area contributed by atoms with Crippen molar-refractivity contribution in [2.24, 2.45) is 0 Å². The van der Waals surface area contributed by atoms with E-state index >= 15 is 0 Å². The second-order valence-electron chi connectivity index (χ2n) is 8.05. The Kier molecular flexibility index (Phi) is 7.36. The average Bonchev–Trinajstić information content (AvgIpc) is 3.12. The number of halogens is 2. The molecule has 0 atom stereocenters. The number of nitrogens with one attached hydrogen (secondary N) is 1. The highest BCUT2D eigenvalue weighted by molar-refractivity contribution is 6.31. The molecule has 0 saturated carbocycles. The minimum Gasteiger partial charge on any atom is -0.497 e. The van der Waals surface area contributed by atoms with Gasteiger partial charge in [0.1, 0.15) is 23.9 Å². The van der Waals surface area contributed by atoms with E-state index in [-0.39, 0.29) is 5.91 Å². The molecule has 6 nitrogen and oxygen atoms in total.